The van der Waals surface area contributed by atoms with Gasteiger partial charge >= 0.3 is 0 Å². The molecule has 0 aromatic heterocycles. The first kappa shape index (κ1) is 36.4. The van der Waals surface area contributed by atoms with Crippen LogP contribution in [0.2, 0.25) is 25.1 Å². The first-order valence-corrected chi connectivity index (χ1v) is 14.4. The molecule has 0 bridgehead atoms. The molecule has 234 valence electrons. The number of hydrogen-bond donors (Lipinski definition) is 2. The molecule has 15 heteroatoms. The van der Waals surface area contributed by atoms with Crippen LogP contribution >= 0.6 is 58.0 Å². The van der Waals surface area contributed by atoms with Crippen LogP contribution in [-0.2, 0) is 22.7 Å². The molecule has 0 atom stereocenters. The second kappa shape index (κ2) is 18.1. The maximum absolute atomic E-state index is 10.5. The summed E-state index contributed by atoms with van der Waals surface area (Å²) in [5, 5.41) is 20.9. The van der Waals surface area contributed by atoms with Crippen LogP contribution in [0.15, 0.2) is 36.4 Å². The van der Waals surface area contributed by atoms with Gasteiger partial charge in [-0.25, -0.2) is 10.1 Å². The van der Waals surface area contributed by atoms with Crippen molar-refractivity contribution in [2.24, 2.45) is 0 Å². The number of nitrogens with zero attached hydrogens (tertiary/aromatic N) is 2. The van der Waals surface area contributed by atoms with Crippen molar-refractivity contribution >= 4 is 70.8 Å². The van der Waals surface area contributed by atoms with E-state index in [1.807, 2.05) is 6.92 Å². The number of halogens is 5. The van der Waals surface area contributed by atoms with Gasteiger partial charge in [0.05, 0.1) is 54.0 Å². The third kappa shape index (κ3) is 10.7. The molecule has 3 aromatic carbocycles. The van der Waals surface area contributed by atoms with Crippen molar-refractivity contribution in [1.29, 1.82) is 0 Å². The molecule has 0 saturated heterocycles. The lowest BCUT2D eigenvalue weighted by Crippen LogP contribution is -2.16. The Kier molecular flexibility index (Phi) is 15.3. The van der Waals surface area contributed by atoms with Gasteiger partial charge in [0.2, 0.25) is 12.8 Å². The lowest BCUT2D eigenvalue weighted by atomic mass is 10.2. The first-order chi connectivity index (χ1) is 20.5. The molecular formula is C28H29Cl5N2O8. The lowest BCUT2D eigenvalue weighted by Gasteiger charge is -2.17. The topological polar surface area (TPSA) is 118 Å². The summed E-state index contributed by atoms with van der Waals surface area (Å²) in [5.74, 6) is 1.84. The van der Waals surface area contributed by atoms with Crippen molar-refractivity contribution in [3.63, 3.8) is 0 Å². The summed E-state index contributed by atoms with van der Waals surface area (Å²) >= 11 is 30.3. The van der Waals surface area contributed by atoms with Crippen molar-refractivity contribution < 1.29 is 39.0 Å². The zero-order chi connectivity index (χ0) is 32.1. The fourth-order valence-electron chi connectivity index (χ4n) is 3.41. The van der Waals surface area contributed by atoms with Crippen LogP contribution in [0.1, 0.15) is 30.9 Å². The van der Waals surface area contributed by atoms with Crippen molar-refractivity contribution in [1.82, 2.24) is 10.1 Å². The third-order valence-corrected chi connectivity index (χ3v) is 7.40. The summed E-state index contributed by atoms with van der Waals surface area (Å²) in [6.07, 6.45) is 2.45. The van der Waals surface area contributed by atoms with Crippen molar-refractivity contribution in [3.8, 4) is 28.7 Å². The molecule has 10 nitrogen and oxygen atoms in total. The quantitative estimate of drug-likeness (QED) is 0.0747. The first-order valence-electron chi connectivity index (χ1n) is 12.5. The Balaban J connectivity index is 0.000000304. The largest absolute Gasteiger partial charge is 0.493 e. The van der Waals surface area contributed by atoms with Crippen LogP contribution in [0, 0.1) is 0 Å². The summed E-state index contributed by atoms with van der Waals surface area (Å²) in [7, 11) is 2.93. The zero-order valence-corrected chi connectivity index (χ0v) is 27.1. The summed E-state index contributed by atoms with van der Waals surface area (Å²) in [5.41, 5.74) is 1.04. The predicted octanol–water partition coefficient (Wildman–Crippen LogP) is 8.32. The molecule has 3 aromatic rings. The molecule has 0 aliphatic heterocycles. The van der Waals surface area contributed by atoms with Gasteiger partial charge in [-0.15, -0.1) is 0 Å². The second-order valence-electron chi connectivity index (χ2n) is 8.59. The lowest BCUT2D eigenvalue weighted by molar-refractivity contribution is -0.152. The number of carbonyl (C=O) groups is 2. The van der Waals surface area contributed by atoms with E-state index in [4.69, 9.17) is 77.0 Å². The number of hydroxylamine groups is 4. The second-order valence-corrected chi connectivity index (χ2v) is 10.6. The van der Waals surface area contributed by atoms with Crippen molar-refractivity contribution in [2.75, 3.05) is 20.8 Å². The monoisotopic (exact) mass is 696 g/mol. The third-order valence-electron chi connectivity index (χ3n) is 5.49. The maximum Gasteiger partial charge on any atom is 0.233 e. The van der Waals surface area contributed by atoms with Gasteiger partial charge in [-0.3, -0.25) is 20.0 Å². The molecule has 43 heavy (non-hydrogen) atoms. The van der Waals surface area contributed by atoms with Crippen LogP contribution in [0.3, 0.4) is 0 Å². The minimum Gasteiger partial charge on any atom is -0.493 e. The fourth-order valence-corrected chi connectivity index (χ4v) is 4.44. The zero-order valence-electron chi connectivity index (χ0n) is 23.3. The summed E-state index contributed by atoms with van der Waals surface area (Å²) in [6, 6.07) is 9.54. The minimum absolute atomic E-state index is 0.0351. The van der Waals surface area contributed by atoms with Crippen molar-refractivity contribution in [3.05, 3.63) is 72.6 Å². The Morgan fingerprint density at radius 1 is 0.767 bits per heavy atom. The SMILES string of the molecule is CCCCOc1c(OC)cc(CN(O)C=O)c(Cl)c1Cl.COc1cc(CN(O)C=O)cc(Cl)c1Oc1ccc(Cl)c(Cl)c1. The molecule has 2 N–H and O–H groups in total. The van der Waals surface area contributed by atoms with Crippen LogP contribution in [0.25, 0.3) is 0 Å². The fraction of sp³-hybridized carbons (Fsp3) is 0.286. The Morgan fingerprint density at radius 3 is 1.98 bits per heavy atom. The van der Waals surface area contributed by atoms with E-state index in [1.54, 1.807) is 36.4 Å². The number of rotatable bonds is 14. The van der Waals surface area contributed by atoms with Gasteiger partial charge in [-0.05, 0) is 47.9 Å². The molecule has 0 saturated carbocycles. The van der Waals surface area contributed by atoms with Crippen LogP contribution in [-0.4, -0.2) is 54.2 Å². The smallest absolute Gasteiger partial charge is 0.233 e. The number of amides is 2. The molecule has 0 unspecified atom stereocenters. The normalized spacial score (nSPS) is 10.3. The van der Waals surface area contributed by atoms with E-state index >= 15 is 0 Å². The van der Waals surface area contributed by atoms with Gasteiger partial charge in [-0.2, -0.15) is 0 Å². The Labute approximate surface area is 274 Å². The molecule has 0 aliphatic carbocycles. The van der Waals surface area contributed by atoms with Gasteiger partial charge < -0.3 is 18.9 Å². The Morgan fingerprint density at radius 2 is 1.40 bits per heavy atom. The summed E-state index contributed by atoms with van der Waals surface area (Å²) in [4.78, 5) is 20.9. The number of hydrogen-bond acceptors (Lipinski definition) is 8. The van der Waals surface area contributed by atoms with Crippen LogP contribution < -0.4 is 18.9 Å². The number of ether oxygens (including phenoxy) is 4. The summed E-state index contributed by atoms with van der Waals surface area (Å²) in [6.45, 7) is 2.43. The van der Waals surface area contributed by atoms with Gasteiger partial charge in [0.15, 0.2) is 23.0 Å². The Hall–Kier alpha value is -2.83. The molecule has 0 aliphatic rings. The minimum atomic E-state index is -0.0896. The van der Waals surface area contributed by atoms with Gasteiger partial charge in [0.25, 0.3) is 0 Å². The van der Waals surface area contributed by atoms with Gasteiger partial charge in [-0.1, -0.05) is 71.3 Å². The standard InChI is InChI=1S/C15H12Cl3NO4.C13H17Cl2NO4/c1-22-14-5-9(7-19(21)8-20)4-13(18)15(14)23-10-2-3-11(16)12(17)6-10;1-3-4-5-20-13-10(19-2)6-9(7-16(18)8-17)11(14)12(13)15/h2-6,8,21H,7H2,1H3;6,8,18H,3-5,7H2,1-2H3. The van der Waals surface area contributed by atoms with E-state index in [9.17, 15) is 20.0 Å². The Bertz CT molecular complexity index is 1400. The number of unbranched alkanes of at least 4 members (excludes halogenated alkanes) is 1. The highest BCUT2D eigenvalue weighted by atomic mass is 35.5. The van der Waals surface area contributed by atoms with E-state index < -0.39 is 0 Å². The van der Waals surface area contributed by atoms with E-state index in [0.717, 1.165) is 12.8 Å². The predicted molar refractivity (Wildman–Crippen MR) is 165 cm³/mol. The molecule has 0 radical (unpaired) electrons. The van der Waals surface area contributed by atoms with Crippen LogP contribution in [0.4, 0.5) is 0 Å². The van der Waals surface area contributed by atoms with Gasteiger partial charge in [0.1, 0.15) is 10.8 Å². The summed E-state index contributed by atoms with van der Waals surface area (Å²) < 4.78 is 21.7. The van der Waals surface area contributed by atoms with E-state index in [1.165, 1.54) is 14.2 Å². The van der Waals surface area contributed by atoms with E-state index in [2.05, 4.69) is 0 Å². The van der Waals surface area contributed by atoms with Crippen LogP contribution in [0.5, 0.6) is 28.7 Å². The average Bonchev–Trinajstić information content (AvgIpc) is 2.99. The molecule has 2 amide bonds. The van der Waals surface area contributed by atoms with Crippen molar-refractivity contribution in [2.45, 2.75) is 32.9 Å². The molecule has 3 rings (SSSR count). The highest BCUT2D eigenvalue weighted by Crippen LogP contribution is 2.43. The maximum atomic E-state index is 10.5. The molecular weight excluding hydrogens is 670 g/mol. The molecule has 0 spiro atoms. The number of carbonyl (C=O) groups excluding carboxylic acids is 2. The van der Waals surface area contributed by atoms with E-state index in [0.29, 0.717) is 67.3 Å². The van der Waals surface area contributed by atoms with E-state index in [-0.39, 0.29) is 40.3 Å². The highest BCUT2D eigenvalue weighted by molar-refractivity contribution is 6.43. The number of methoxy groups -OCH3 is 2. The van der Waals surface area contributed by atoms with Gasteiger partial charge in [0, 0.05) is 6.07 Å². The highest BCUT2D eigenvalue weighted by Gasteiger charge is 2.19. The number of benzene rings is 3. The molecule has 0 heterocycles. The average molecular weight is 699 g/mol. The molecule has 0 fully saturated rings.